The minimum atomic E-state index is -1.09. The van der Waals surface area contributed by atoms with Crippen LogP contribution in [0.25, 0.3) is 0 Å². The Hall–Kier alpha value is -0.690. The van der Waals surface area contributed by atoms with Gasteiger partial charge in [-0.1, -0.05) is 0 Å². The Morgan fingerprint density at radius 3 is 1.64 bits per heavy atom. The maximum atomic E-state index is 10.8. The number of hydrogen-bond acceptors (Lipinski definition) is 5. The van der Waals surface area contributed by atoms with Gasteiger partial charge in [-0.3, -0.25) is 4.79 Å². The van der Waals surface area contributed by atoms with Gasteiger partial charge in [-0.2, -0.15) is 0 Å². The zero-order chi connectivity index (χ0) is 11.1. The molecule has 0 heterocycles. The predicted molar refractivity (Wildman–Crippen MR) is 50.5 cm³/mol. The van der Waals surface area contributed by atoms with Crippen LogP contribution in [0.3, 0.4) is 0 Å². The predicted octanol–water partition coefficient (Wildman–Crippen LogP) is -1.89. The van der Waals surface area contributed by atoms with Crippen molar-refractivity contribution >= 4 is 5.97 Å². The number of carbonyl (C=O) groups is 1. The van der Waals surface area contributed by atoms with Crippen LogP contribution in [0.5, 0.6) is 0 Å². The van der Waals surface area contributed by atoms with Gasteiger partial charge in [0.15, 0.2) is 0 Å². The molecule has 0 saturated carbocycles. The van der Waals surface area contributed by atoms with Crippen molar-refractivity contribution in [3.8, 4) is 0 Å². The summed E-state index contributed by atoms with van der Waals surface area (Å²) < 4.78 is 0. The fourth-order valence-electron chi connectivity index (χ4n) is 1.34. The third kappa shape index (κ3) is 4.01. The minimum absolute atomic E-state index is 0.170. The number of aliphatic carboxylic acids is 1. The van der Waals surface area contributed by atoms with Gasteiger partial charge in [0.2, 0.25) is 0 Å². The highest BCUT2D eigenvalue weighted by atomic mass is 16.4. The lowest BCUT2D eigenvalue weighted by Crippen LogP contribution is -2.47. The van der Waals surface area contributed by atoms with Gasteiger partial charge in [-0.05, 0) is 12.8 Å². The van der Waals surface area contributed by atoms with Crippen molar-refractivity contribution in [3.05, 3.63) is 0 Å². The number of aliphatic hydroxyl groups excluding tert-OH is 2. The average molecular weight is 206 g/mol. The van der Waals surface area contributed by atoms with Gasteiger partial charge in [-0.25, -0.2) is 0 Å². The molecule has 7 N–H and O–H groups in total. The molecule has 0 aliphatic carbocycles. The van der Waals surface area contributed by atoms with Crippen LogP contribution in [0, 0.1) is 5.92 Å². The molecule has 0 aromatic rings. The van der Waals surface area contributed by atoms with Crippen molar-refractivity contribution < 1.29 is 20.1 Å². The molecule has 0 spiro atoms. The topological polar surface area (TPSA) is 130 Å². The molecule has 0 radical (unpaired) electrons. The minimum Gasteiger partial charge on any atom is -0.481 e. The highest BCUT2D eigenvalue weighted by molar-refractivity contribution is 5.71. The normalized spacial score (nSPS) is 17.4. The fraction of sp³-hybridized carbons (Fsp3) is 0.875. The van der Waals surface area contributed by atoms with Crippen LogP contribution in [0.4, 0.5) is 0 Å². The second-order valence-electron chi connectivity index (χ2n) is 3.22. The fourth-order valence-corrected chi connectivity index (χ4v) is 1.34. The van der Waals surface area contributed by atoms with Gasteiger partial charge in [0.05, 0.1) is 5.92 Å². The zero-order valence-corrected chi connectivity index (χ0v) is 7.97. The molecular formula is C8H18N2O4. The van der Waals surface area contributed by atoms with Crippen molar-refractivity contribution in [1.82, 2.24) is 0 Å². The van der Waals surface area contributed by atoms with E-state index in [0.29, 0.717) is 0 Å². The molecule has 0 bridgehead atoms. The van der Waals surface area contributed by atoms with Crippen LogP contribution in [0.2, 0.25) is 0 Å². The van der Waals surface area contributed by atoms with Crippen LogP contribution in [0.15, 0.2) is 0 Å². The Bertz CT molecular complexity index is 165. The summed E-state index contributed by atoms with van der Waals surface area (Å²) in [5, 5.41) is 26.1. The first-order valence-electron chi connectivity index (χ1n) is 4.50. The molecule has 6 heteroatoms. The first-order chi connectivity index (χ1) is 6.54. The van der Waals surface area contributed by atoms with E-state index in [2.05, 4.69) is 0 Å². The number of aliphatic hydroxyl groups is 2. The monoisotopic (exact) mass is 206 g/mol. The largest absolute Gasteiger partial charge is 0.481 e. The third-order valence-corrected chi connectivity index (χ3v) is 2.13. The second kappa shape index (κ2) is 6.72. The molecule has 2 unspecified atom stereocenters. The number of hydrogen-bond donors (Lipinski definition) is 5. The third-order valence-electron chi connectivity index (χ3n) is 2.13. The molecule has 0 amide bonds. The summed E-state index contributed by atoms with van der Waals surface area (Å²) in [5.74, 6) is -2.01. The van der Waals surface area contributed by atoms with Gasteiger partial charge < -0.3 is 26.8 Å². The van der Waals surface area contributed by atoms with E-state index in [-0.39, 0.29) is 26.1 Å². The Kier molecular flexibility index (Phi) is 6.39. The molecule has 14 heavy (non-hydrogen) atoms. The lowest BCUT2D eigenvalue weighted by atomic mass is 9.89. The van der Waals surface area contributed by atoms with Crippen molar-refractivity contribution in [2.24, 2.45) is 17.4 Å². The standard InChI is InChI=1S/C8H18N2O4/c9-5(1-3-11)7(8(13)14)6(10)2-4-12/h5-7,11-12H,1-4,9-10H2,(H,13,14). The number of carboxylic acids is 1. The van der Waals surface area contributed by atoms with Crippen LogP contribution < -0.4 is 11.5 Å². The molecule has 0 aliphatic heterocycles. The summed E-state index contributed by atoms with van der Waals surface area (Å²) in [7, 11) is 0. The molecule has 0 saturated heterocycles. The second-order valence-corrected chi connectivity index (χ2v) is 3.22. The summed E-state index contributed by atoms with van der Waals surface area (Å²) in [4.78, 5) is 10.8. The molecule has 0 rings (SSSR count). The molecule has 0 fully saturated rings. The summed E-state index contributed by atoms with van der Waals surface area (Å²) >= 11 is 0. The van der Waals surface area contributed by atoms with E-state index in [1.807, 2.05) is 0 Å². The highest BCUT2D eigenvalue weighted by Crippen LogP contribution is 2.12. The number of carboxylic acid groups (broad SMARTS) is 1. The molecule has 0 aromatic carbocycles. The summed E-state index contributed by atoms with van der Waals surface area (Å²) in [6, 6.07) is -1.36. The maximum Gasteiger partial charge on any atom is 0.309 e. The molecule has 6 nitrogen and oxygen atoms in total. The Balaban J connectivity index is 4.33. The van der Waals surface area contributed by atoms with Crippen LogP contribution >= 0.6 is 0 Å². The van der Waals surface area contributed by atoms with E-state index >= 15 is 0 Å². The van der Waals surface area contributed by atoms with Gasteiger partial charge >= 0.3 is 5.97 Å². The molecule has 0 aromatic heterocycles. The van der Waals surface area contributed by atoms with Crippen LogP contribution in [0.1, 0.15) is 12.8 Å². The van der Waals surface area contributed by atoms with Gasteiger partial charge in [-0.15, -0.1) is 0 Å². The maximum absolute atomic E-state index is 10.8. The first-order valence-corrected chi connectivity index (χ1v) is 4.50. The Labute approximate surface area is 82.5 Å². The average Bonchev–Trinajstić information content (AvgIpc) is 2.04. The Morgan fingerprint density at radius 1 is 1.07 bits per heavy atom. The van der Waals surface area contributed by atoms with E-state index < -0.39 is 24.0 Å². The van der Waals surface area contributed by atoms with Crippen LogP contribution in [-0.4, -0.2) is 46.6 Å². The summed E-state index contributed by atoms with van der Waals surface area (Å²) in [6.45, 7) is -0.340. The van der Waals surface area contributed by atoms with Gasteiger partial charge in [0.25, 0.3) is 0 Å². The van der Waals surface area contributed by atoms with E-state index in [1.165, 1.54) is 0 Å². The molecule has 0 aliphatic rings. The van der Waals surface area contributed by atoms with Crippen molar-refractivity contribution in [2.45, 2.75) is 24.9 Å². The van der Waals surface area contributed by atoms with E-state index in [0.717, 1.165) is 0 Å². The van der Waals surface area contributed by atoms with Crippen molar-refractivity contribution in [3.63, 3.8) is 0 Å². The smallest absolute Gasteiger partial charge is 0.309 e. The van der Waals surface area contributed by atoms with Crippen molar-refractivity contribution in [1.29, 1.82) is 0 Å². The molecule has 84 valence electrons. The van der Waals surface area contributed by atoms with Crippen molar-refractivity contribution in [2.75, 3.05) is 13.2 Å². The molecular weight excluding hydrogens is 188 g/mol. The molecule has 2 atom stereocenters. The summed E-state index contributed by atoms with van der Waals surface area (Å²) in [6.07, 6.45) is 0.381. The van der Waals surface area contributed by atoms with Gasteiger partial charge in [0.1, 0.15) is 0 Å². The summed E-state index contributed by atoms with van der Waals surface area (Å²) in [5.41, 5.74) is 11.1. The SMILES string of the molecule is NC(CCO)C(C(=O)O)C(N)CCO. The first kappa shape index (κ1) is 13.3. The van der Waals surface area contributed by atoms with E-state index in [4.69, 9.17) is 26.8 Å². The van der Waals surface area contributed by atoms with Gasteiger partial charge in [0, 0.05) is 25.3 Å². The number of nitrogens with two attached hydrogens (primary N) is 2. The van der Waals surface area contributed by atoms with E-state index in [1.54, 1.807) is 0 Å². The highest BCUT2D eigenvalue weighted by Gasteiger charge is 2.30. The lowest BCUT2D eigenvalue weighted by molar-refractivity contribution is -0.143. The lowest BCUT2D eigenvalue weighted by Gasteiger charge is -2.24. The van der Waals surface area contributed by atoms with Crippen LogP contribution in [-0.2, 0) is 4.79 Å². The zero-order valence-electron chi connectivity index (χ0n) is 7.97. The van der Waals surface area contributed by atoms with E-state index in [9.17, 15) is 4.79 Å². The quantitative estimate of drug-likeness (QED) is 0.331. The Morgan fingerprint density at radius 2 is 1.43 bits per heavy atom. The number of rotatable bonds is 7.